The number of epoxide rings is 2. The van der Waals surface area contributed by atoms with E-state index in [1.165, 1.54) is 11.1 Å². The van der Waals surface area contributed by atoms with Gasteiger partial charge < -0.3 is 18.9 Å². The monoisotopic (exact) mass is 368 g/mol. The number of hydrogen-bond acceptors (Lipinski definition) is 4. The van der Waals surface area contributed by atoms with Gasteiger partial charge in [-0.1, -0.05) is 38.1 Å². The summed E-state index contributed by atoms with van der Waals surface area (Å²) in [6.45, 7) is 7.55. The standard InChI is InChI=1S/C23H28O4/c1-23(2,11-17-5-3-7-19(9-17)24-13-21-15-26-21)12-18-6-4-8-20(10-18)25-14-22-16-27-22/h3-10,21-22H,11-16H2,1-2H3. The van der Waals surface area contributed by atoms with Crippen LogP contribution in [0.4, 0.5) is 0 Å². The van der Waals surface area contributed by atoms with Crippen molar-refractivity contribution in [2.75, 3.05) is 26.4 Å². The topological polar surface area (TPSA) is 43.5 Å². The van der Waals surface area contributed by atoms with Crippen LogP contribution in [-0.4, -0.2) is 38.6 Å². The van der Waals surface area contributed by atoms with Gasteiger partial charge in [0.1, 0.15) is 36.9 Å². The molecule has 0 bridgehead atoms. The van der Waals surface area contributed by atoms with Crippen LogP contribution in [0.5, 0.6) is 11.5 Å². The average Bonchev–Trinajstić information content (AvgIpc) is 3.53. The molecule has 4 rings (SSSR count). The van der Waals surface area contributed by atoms with E-state index in [1.54, 1.807) is 0 Å². The molecule has 0 saturated carbocycles. The van der Waals surface area contributed by atoms with Gasteiger partial charge in [0.2, 0.25) is 0 Å². The molecular formula is C23H28O4. The predicted octanol–water partition coefficient (Wildman–Crippen LogP) is 4.05. The van der Waals surface area contributed by atoms with Crippen LogP contribution in [0.3, 0.4) is 0 Å². The minimum Gasteiger partial charge on any atom is -0.491 e. The highest BCUT2D eigenvalue weighted by molar-refractivity contribution is 5.31. The van der Waals surface area contributed by atoms with E-state index in [0.717, 1.165) is 37.6 Å². The Morgan fingerprint density at radius 1 is 0.815 bits per heavy atom. The lowest BCUT2D eigenvalue weighted by molar-refractivity contribution is 0.262. The maximum atomic E-state index is 5.82. The second kappa shape index (κ2) is 7.91. The Hall–Kier alpha value is -2.04. The second-order valence-corrected chi connectivity index (χ2v) is 8.35. The van der Waals surface area contributed by atoms with Gasteiger partial charge in [0, 0.05) is 0 Å². The quantitative estimate of drug-likeness (QED) is 0.594. The third-order valence-electron chi connectivity index (χ3n) is 4.84. The van der Waals surface area contributed by atoms with Gasteiger partial charge in [0.15, 0.2) is 0 Å². The molecule has 2 aromatic rings. The fraction of sp³-hybridized carbons (Fsp3) is 0.478. The Bertz CT molecular complexity index is 699. The van der Waals surface area contributed by atoms with E-state index in [1.807, 2.05) is 12.1 Å². The highest BCUT2D eigenvalue weighted by Crippen LogP contribution is 2.29. The normalized spacial score (nSPS) is 21.0. The van der Waals surface area contributed by atoms with E-state index < -0.39 is 0 Å². The van der Waals surface area contributed by atoms with Crippen molar-refractivity contribution in [1.82, 2.24) is 0 Å². The van der Waals surface area contributed by atoms with Crippen LogP contribution >= 0.6 is 0 Å². The van der Waals surface area contributed by atoms with Gasteiger partial charge in [0.05, 0.1) is 13.2 Å². The summed E-state index contributed by atoms with van der Waals surface area (Å²) in [5, 5.41) is 0. The summed E-state index contributed by atoms with van der Waals surface area (Å²) in [5.41, 5.74) is 2.73. The van der Waals surface area contributed by atoms with Gasteiger partial charge >= 0.3 is 0 Å². The Kier molecular flexibility index (Phi) is 5.37. The first-order valence-corrected chi connectivity index (χ1v) is 9.72. The van der Waals surface area contributed by atoms with Crippen molar-refractivity contribution >= 4 is 0 Å². The maximum Gasteiger partial charge on any atom is 0.119 e. The molecule has 2 aliphatic heterocycles. The van der Waals surface area contributed by atoms with Crippen molar-refractivity contribution in [3.63, 3.8) is 0 Å². The summed E-state index contributed by atoms with van der Waals surface area (Å²) >= 11 is 0. The van der Waals surface area contributed by atoms with Crippen molar-refractivity contribution in [2.24, 2.45) is 5.41 Å². The summed E-state index contributed by atoms with van der Waals surface area (Å²) < 4.78 is 22.1. The minimum absolute atomic E-state index is 0.135. The van der Waals surface area contributed by atoms with Gasteiger partial charge in [-0.25, -0.2) is 0 Å². The predicted molar refractivity (Wildman–Crippen MR) is 105 cm³/mol. The van der Waals surface area contributed by atoms with Gasteiger partial charge in [-0.2, -0.15) is 0 Å². The molecule has 144 valence electrons. The summed E-state index contributed by atoms with van der Waals surface area (Å²) in [7, 11) is 0. The van der Waals surface area contributed by atoms with E-state index in [4.69, 9.17) is 18.9 Å². The summed E-state index contributed by atoms with van der Waals surface area (Å²) in [6.07, 6.45) is 2.55. The Morgan fingerprint density at radius 3 is 1.67 bits per heavy atom. The zero-order valence-electron chi connectivity index (χ0n) is 16.1. The van der Waals surface area contributed by atoms with E-state index in [2.05, 4.69) is 50.2 Å². The van der Waals surface area contributed by atoms with Crippen molar-refractivity contribution in [3.8, 4) is 11.5 Å². The van der Waals surface area contributed by atoms with Crippen LogP contribution in [-0.2, 0) is 22.3 Å². The molecule has 2 fully saturated rings. The third-order valence-corrected chi connectivity index (χ3v) is 4.84. The lowest BCUT2D eigenvalue weighted by atomic mass is 9.80. The molecule has 2 atom stereocenters. The van der Waals surface area contributed by atoms with Crippen LogP contribution in [0.15, 0.2) is 48.5 Å². The third kappa shape index (κ3) is 5.98. The number of rotatable bonds is 10. The molecule has 0 aromatic heterocycles. The molecule has 0 aliphatic carbocycles. The smallest absolute Gasteiger partial charge is 0.119 e. The molecule has 0 radical (unpaired) electrons. The van der Waals surface area contributed by atoms with Crippen molar-refractivity contribution < 1.29 is 18.9 Å². The van der Waals surface area contributed by atoms with E-state index in [-0.39, 0.29) is 17.6 Å². The highest BCUT2D eigenvalue weighted by Gasteiger charge is 2.24. The first kappa shape index (κ1) is 18.3. The fourth-order valence-corrected chi connectivity index (χ4v) is 3.37. The molecule has 2 saturated heterocycles. The maximum absolute atomic E-state index is 5.82. The Labute approximate surface area is 161 Å². The number of hydrogen-bond donors (Lipinski definition) is 0. The molecule has 2 heterocycles. The van der Waals surface area contributed by atoms with Crippen LogP contribution in [0.2, 0.25) is 0 Å². The lowest BCUT2D eigenvalue weighted by Crippen LogP contribution is -2.18. The van der Waals surface area contributed by atoms with Crippen LogP contribution < -0.4 is 9.47 Å². The largest absolute Gasteiger partial charge is 0.491 e. The molecule has 0 N–H and O–H groups in total. The zero-order chi connectivity index (χ0) is 18.7. The first-order chi connectivity index (χ1) is 13.1. The van der Waals surface area contributed by atoms with Gasteiger partial charge in [-0.05, 0) is 53.6 Å². The fourth-order valence-electron chi connectivity index (χ4n) is 3.37. The molecular weight excluding hydrogens is 340 g/mol. The van der Waals surface area contributed by atoms with Gasteiger partial charge in [0.25, 0.3) is 0 Å². The van der Waals surface area contributed by atoms with Crippen molar-refractivity contribution in [1.29, 1.82) is 0 Å². The van der Waals surface area contributed by atoms with Crippen molar-refractivity contribution in [2.45, 2.75) is 38.9 Å². The van der Waals surface area contributed by atoms with Gasteiger partial charge in [-0.3, -0.25) is 0 Å². The Balaban J connectivity index is 1.34. The first-order valence-electron chi connectivity index (χ1n) is 9.72. The molecule has 4 heteroatoms. The number of ether oxygens (including phenoxy) is 4. The molecule has 4 nitrogen and oxygen atoms in total. The minimum atomic E-state index is 0.135. The van der Waals surface area contributed by atoms with Gasteiger partial charge in [-0.15, -0.1) is 0 Å². The molecule has 0 spiro atoms. The van der Waals surface area contributed by atoms with E-state index in [0.29, 0.717) is 13.2 Å². The number of benzene rings is 2. The second-order valence-electron chi connectivity index (χ2n) is 8.35. The van der Waals surface area contributed by atoms with E-state index in [9.17, 15) is 0 Å². The average molecular weight is 368 g/mol. The zero-order valence-corrected chi connectivity index (χ0v) is 16.1. The molecule has 2 aliphatic rings. The molecule has 2 unspecified atom stereocenters. The summed E-state index contributed by atoms with van der Waals surface area (Å²) in [6, 6.07) is 16.8. The molecule has 2 aromatic carbocycles. The van der Waals surface area contributed by atoms with Crippen LogP contribution in [0.25, 0.3) is 0 Å². The summed E-state index contributed by atoms with van der Waals surface area (Å²) in [4.78, 5) is 0. The Morgan fingerprint density at radius 2 is 1.26 bits per heavy atom. The van der Waals surface area contributed by atoms with Crippen molar-refractivity contribution in [3.05, 3.63) is 59.7 Å². The van der Waals surface area contributed by atoms with Crippen LogP contribution in [0, 0.1) is 5.41 Å². The molecule has 0 amide bonds. The molecule has 27 heavy (non-hydrogen) atoms. The lowest BCUT2D eigenvalue weighted by Gasteiger charge is -2.25. The highest BCUT2D eigenvalue weighted by atomic mass is 16.6. The SMILES string of the molecule is CC(C)(Cc1cccc(OCC2CO2)c1)Cc1cccc(OCC2CO2)c1. The van der Waals surface area contributed by atoms with Crippen LogP contribution in [0.1, 0.15) is 25.0 Å². The van der Waals surface area contributed by atoms with E-state index >= 15 is 0 Å². The summed E-state index contributed by atoms with van der Waals surface area (Å²) in [5.74, 6) is 1.85.